The molecule has 1 aliphatic rings. The van der Waals surface area contributed by atoms with Crippen LogP contribution in [0.25, 0.3) is 0 Å². The molecular weight excluding hydrogens is 398 g/mol. The quantitative estimate of drug-likeness (QED) is 0.659. The van der Waals surface area contributed by atoms with E-state index in [4.69, 9.17) is 0 Å². The maximum atomic E-state index is 14.2. The number of carbonyl (C=O) groups is 1. The van der Waals surface area contributed by atoms with Crippen LogP contribution in [-0.2, 0) is 0 Å². The van der Waals surface area contributed by atoms with E-state index in [1.54, 1.807) is 36.7 Å². The number of para-hydroxylation sites is 1. The van der Waals surface area contributed by atoms with Crippen LogP contribution in [0.4, 0.5) is 14.5 Å². The number of anilines is 1. The molecule has 0 spiro atoms. The van der Waals surface area contributed by atoms with Gasteiger partial charge in [-0.15, -0.1) is 0 Å². The highest BCUT2D eigenvalue weighted by atomic mass is 19.1. The first-order valence-corrected chi connectivity index (χ1v) is 10.3. The van der Waals surface area contributed by atoms with E-state index in [-0.39, 0.29) is 17.4 Å². The van der Waals surface area contributed by atoms with Crippen LogP contribution in [0.3, 0.4) is 0 Å². The second-order valence-corrected chi connectivity index (χ2v) is 7.47. The van der Waals surface area contributed by atoms with Gasteiger partial charge in [0.15, 0.2) is 0 Å². The van der Waals surface area contributed by atoms with Gasteiger partial charge in [-0.2, -0.15) is 0 Å². The Morgan fingerprint density at radius 2 is 1.65 bits per heavy atom. The van der Waals surface area contributed by atoms with Crippen molar-refractivity contribution in [2.75, 3.05) is 37.6 Å². The standard InChI is InChI=1S/C24H24F2N4O/c25-20-8-2-1-7-19(20)24(31)28-17-23(18-6-5-11-27-16-18)30-14-12-29(13-15-30)22-10-4-3-9-21(22)26/h1-11,16,23H,12-15,17H2,(H,28,31)/t23-/m1/s1. The molecule has 1 N–H and O–H groups in total. The summed E-state index contributed by atoms with van der Waals surface area (Å²) in [5.74, 6) is -1.22. The first kappa shape index (κ1) is 20.9. The van der Waals surface area contributed by atoms with E-state index in [2.05, 4.69) is 15.2 Å². The number of nitrogens with one attached hydrogen (secondary N) is 1. The van der Waals surface area contributed by atoms with Crippen molar-refractivity contribution in [3.63, 3.8) is 0 Å². The van der Waals surface area contributed by atoms with Crippen LogP contribution in [-0.4, -0.2) is 48.5 Å². The van der Waals surface area contributed by atoms with Crippen molar-refractivity contribution >= 4 is 11.6 Å². The minimum Gasteiger partial charge on any atom is -0.367 e. The molecule has 0 radical (unpaired) electrons. The lowest BCUT2D eigenvalue weighted by Gasteiger charge is -2.40. The second-order valence-electron chi connectivity index (χ2n) is 7.47. The lowest BCUT2D eigenvalue weighted by atomic mass is 10.1. The Hall–Kier alpha value is -3.32. The molecule has 3 aromatic rings. The fraction of sp³-hybridized carbons (Fsp3) is 0.250. The number of rotatable bonds is 6. The number of aromatic nitrogens is 1. The zero-order chi connectivity index (χ0) is 21.6. The SMILES string of the molecule is O=C(NC[C@H](c1cccnc1)N1CCN(c2ccccc2F)CC1)c1ccccc1F. The average molecular weight is 422 g/mol. The number of carbonyl (C=O) groups excluding carboxylic acids is 1. The molecule has 1 fully saturated rings. The van der Waals surface area contributed by atoms with Gasteiger partial charge < -0.3 is 10.2 Å². The van der Waals surface area contributed by atoms with E-state index in [0.717, 1.165) is 5.56 Å². The fourth-order valence-electron chi connectivity index (χ4n) is 3.94. The van der Waals surface area contributed by atoms with E-state index in [1.165, 1.54) is 18.2 Å². The maximum absolute atomic E-state index is 14.2. The molecular formula is C24H24F2N4O. The Kier molecular flexibility index (Phi) is 6.52. The van der Waals surface area contributed by atoms with Crippen molar-refractivity contribution in [1.82, 2.24) is 15.2 Å². The number of amides is 1. The van der Waals surface area contributed by atoms with Gasteiger partial charge >= 0.3 is 0 Å². The highest BCUT2D eigenvalue weighted by Crippen LogP contribution is 2.25. The Morgan fingerprint density at radius 1 is 0.935 bits per heavy atom. The van der Waals surface area contributed by atoms with Crippen molar-refractivity contribution in [2.24, 2.45) is 0 Å². The van der Waals surface area contributed by atoms with Crippen molar-refractivity contribution < 1.29 is 13.6 Å². The molecule has 1 saturated heterocycles. The summed E-state index contributed by atoms with van der Waals surface area (Å²) in [6.07, 6.45) is 3.48. The van der Waals surface area contributed by atoms with Crippen molar-refractivity contribution in [2.45, 2.75) is 6.04 Å². The Balaban J connectivity index is 1.46. The third-order valence-electron chi connectivity index (χ3n) is 5.59. The first-order chi connectivity index (χ1) is 15.1. The van der Waals surface area contributed by atoms with Crippen molar-refractivity contribution in [3.8, 4) is 0 Å². The summed E-state index contributed by atoms with van der Waals surface area (Å²) < 4.78 is 28.1. The molecule has 5 nitrogen and oxygen atoms in total. The minimum atomic E-state index is -0.545. The first-order valence-electron chi connectivity index (χ1n) is 10.3. The number of pyridine rings is 1. The van der Waals surface area contributed by atoms with Crippen LogP contribution in [0.1, 0.15) is 22.0 Å². The molecule has 1 aromatic heterocycles. The van der Waals surface area contributed by atoms with Crippen LogP contribution >= 0.6 is 0 Å². The van der Waals surface area contributed by atoms with Gasteiger partial charge in [-0.1, -0.05) is 30.3 Å². The van der Waals surface area contributed by atoms with E-state index in [0.29, 0.717) is 38.4 Å². The molecule has 2 heterocycles. The third kappa shape index (κ3) is 4.88. The van der Waals surface area contributed by atoms with Crippen LogP contribution < -0.4 is 10.2 Å². The van der Waals surface area contributed by atoms with E-state index in [9.17, 15) is 13.6 Å². The number of hydrogen-bond acceptors (Lipinski definition) is 4. The monoisotopic (exact) mass is 422 g/mol. The van der Waals surface area contributed by atoms with Gasteiger partial charge in [0.2, 0.25) is 0 Å². The summed E-state index contributed by atoms with van der Waals surface area (Å²) in [4.78, 5) is 21.0. The minimum absolute atomic E-state index is 0.0248. The number of benzene rings is 2. The van der Waals surface area contributed by atoms with Crippen molar-refractivity contribution in [1.29, 1.82) is 0 Å². The Labute approximate surface area is 180 Å². The number of hydrogen-bond donors (Lipinski definition) is 1. The molecule has 31 heavy (non-hydrogen) atoms. The van der Waals surface area contributed by atoms with Gasteiger partial charge in [0, 0.05) is 45.1 Å². The molecule has 1 atom stereocenters. The summed E-state index contributed by atoms with van der Waals surface area (Å²) in [6.45, 7) is 3.05. The highest BCUT2D eigenvalue weighted by Gasteiger charge is 2.27. The van der Waals surface area contributed by atoms with Crippen molar-refractivity contribution in [3.05, 3.63) is 95.8 Å². The van der Waals surface area contributed by atoms with Gasteiger partial charge in [-0.05, 0) is 35.9 Å². The lowest BCUT2D eigenvalue weighted by molar-refractivity contribution is 0.0926. The Bertz CT molecular complexity index is 1020. The topological polar surface area (TPSA) is 48.5 Å². The van der Waals surface area contributed by atoms with Crippen LogP contribution in [0.5, 0.6) is 0 Å². The molecule has 7 heteroatoms. The van der Waals surface area contributed by atoms with E-state index < -0.39 is 11.7 Å². The lowest BCUT2D eigenvalue weighted by Crippen LogP contribution is -2.50. The summed E-state index contributed by atoms with van der Waals surface area (Å²) in [5.41, 5.74) is 1.60. The highest BCUT2D eigenvalue weighted by molar-refractivity contribution is 5.94. The number of nitrogens with zero attached hydrogens (tertiary/aromatic N) is 3. The Morgan fingerprint density at radius 3 is 2.32 bits per heavy atom. The van der Waals surface area contributed by atoms with Gasteiger partial charge in [0.1, 0.15) is 11.6 Å². The average Bonchev–Trinajstić information content (AvgIpc) is 2.81. The van der Waals surface area contributed by atoms with Gasteiger partial charge in [0.05, 0.1) is 17.3 Å². The molecule has 160 valence electrons. The van der Waals surface area contributed by atoms with Crippen LogP contribution in [0, 0.1) is 11.6 Å². The normalized spacial score (nSPS) is 15.5. The van der Waals surface area contributed by atoms with Gasteiger partial charge in [-0.25, -0.2) is 8.78 Å². The summed E-state index contributed by atoms with van der Waals surface area (Å²) in [5, 5.41) is 2.87. The van der Waals surface area contributed by atoms with E-state index in [1.807, 2.05) is 23.1 Å². The smallest absolute Gasteiger partial charge is 0.254 e. The van der Waals surface area contributed by atoms with E-state index >= 15 is 0 Å². The largest absolute Gasteiger partial charge is 0.367 e. The molecule has 1 amide bonds. The zero-order valence-electron chi connectivity index (χ0n) is 17.0. The fourth-order valence-corrected chi connectivity index (χ4v) is 3.94. The predicted octanol–water partition coefficient (Wildman–Crippen LogP) is 3.65. The number of halogens is 2. The number of piperazine rings is 1. The summed E-state index contributed by atoms with van der Waals surface area (Å²) in [7, 11) is 0. The molecule has 0 bridgehead atoms. The maximum Gasteiger partial charge on any atom is 0.254 e. The molecule has 0 unspecified atom stereocenters. The third-order valence-corrected chi connectivity index (χ3v) is 5.59. The van der Waals surface area contributed by atoms with Gasteiger partial charge in [-0.3, -0.25) is 14.7 Å². The predicted molar refractivity (Wildman–Crippen MR) is 116 cm³/mol. The summed E-state index contributed by atoms with van der Waals surface area (Å²) >= 11 is 0. The molecule has 2 aromatic carbocycles. The molecule has 1 aliphatic heterocycles. The summed E-state index contributed by atoms with van der Waals surface area (Å²) in [6, 6.07) is 16.4. The van der Waals surface area contributed by atoms with Crippen LogP contribution in [0.15, 0.2) is 73.1 Å². The molecule has 0 saturated carbocycles. The van der Waals surface area contributed by atoms with Crippen LogP contribution in [0.2, 0.25) is 0 Å². The van der Waals surface area contributed by atoms with Gasteiger partial charge in [0.25, 0.3) is 5.91 Å². The second kappa shape index (κ2) is 9.66. The zero-order valence-corrected chi connectivity index (χ0v) is 17.0. The molecule has 4 rings (SSSR count). The molecule has 0 aliphatic carbocycles.